The molecule has 2 nitrogen and oxygen atoms in total. The van der Waals surface area contributed by atoms with Crippen molar-refractivity contribution in [3.8, 4) is 11.3 Å². The molecule has 54 heavy (non-hydrogen) atoms. The molecule has 2 heterocycles. The largest absolute Gasteiger partial charge is 2.00 e. The molecule has 0 radical (unpaired) electrons. The molecule has 0 aliphatic rings. The van der Waals surface area contributed by atoms with Gasteiger partial charge in [0.25, 0.3) is 0 Å². The molecular weight excluding hydrogens is 733 g/mol. The zero-order chi connectivity index (χ0) is 37.9. The minimum absolute atomic E-state index is 0. The van der Waals surface area contributed by atoms with Crippen LogP contribution >= 0.6 is 0 Å². The summed E-state index contributed by atoms with van der Waals surface area (Å²) in [6.45, 7) is 26.8. The van der Waals surface area contributed by atoms with Crippen LogP contribution < -0.4 is 17.0 Å². The number of hydrogen-bond acceptors (Lipinski definition) is 2. The van der Waals surface area contributed by atoms with E-state index in [-0.39, 0.29) is 40.0 Å². The van der Waals surface area contributed by atoms with Crippen LogP contribution in [0.25, 0.3) is 32.8 Å². The molecule has 0 spiro atoms. The van der Waals surface area contributed by atoms with Crippen molar-refractivity contribution in [1.29, 1.82) is 0 Å². The second-order valence-electron chi connectivity index (χ2n) is 16.7. The number of pyridine rings is 2. The average Bonchev–Trinajstić information content (AvgIpc) is 3.03. The third-order valence-electron chi connectivity index (χ3n) is 9.04. The average molecular weight is 796 g/mol. The summed E-state index contributed by atoms with van der Waals surface area (Å²) in [6, 6.07) is 29.7. The van der Waals surface area contributed by atoms with E-state index in [2.05, 4.69) is 155 Å². The minimum atomic E-state index is 0. The smallest absolute Gasteiger partial charge is 1.00 e. The quantitative estimate of drug-likeness (QED) is 0.108. The van der Waals surface area contributed by atoms with Crippen LogP contribution in [0.2, 0.25) is 0 Å². The molecule has 0 saturated carbocycles. The molecule has 0 aliphatic carbocycles. The van der Waals surface area contributed by atoms with Crippen molar-refractivity contribution < 1.29 is 17.0 Å². The summed E-state index contributed by atoms with van der Waals surface area (Å²) in [6.07, 6.45) is 10.4. The molecule has 0 unspecified atom stereocenters. The molecule has 282 valence electrons. The number of hydrogen-bond donors (Lipinski definition) is 0. The van der Waals surface area contributed by atoms with Crippen LogP contribution in [-0.2, 0) is 25.7 Å². The number of halogens is 1. The summed E-state index contributed by atoms with van der Waals surface area (Å²) in [5, 5.41) is 5.30. The van der Waals surface area contributed by atoms with Gasteiger partial charge < -0.3 is 17.0 Å². The van der Waals surface area contributed by atoms with Crippen molar-refractivity contribution in [3.05, 3.63) is 142 Å². The van der Waals surface area contributed by atoms with Crippen molar-refractivity contribution >= 4 is 44.6 Å². The predicted octanol–water partition coefficient (Wildman–Crippen LogP) is 10.3. The number of aryl methyl sites for hydroxylation is 4. The van der Waals surface area contributed by atoms with Crippen molar-refractivity contribution in [2.75, 3.05) is 0 Å². The molecule has 0 N–H and O–H groups in total. The van der Waals surface area contributed by atoms with E-state index in [4.69, 9.17) is 4.98 Å². The number of benzene rings is 4. The van der Waals surface area contributed by atoms with Gasteiger partial charge >= 0.3 is 23.1 Å². The number of rotatable bonds is 9. The molecule has 2 aromatic heterocycles. The van der Waals surface area contributed by atoms with Gasteiger partial charge in [0.05, 0.1) is 5.69 Å². The molecule has 0 bridgehead atoms. The molecule has 4 heteroatoms. The normalized spacial score (nSPS) is 10.9. The van der Waals surface area contributed by atoms with E-state index in [9.17, 15) is 0 Å². The molecule has 6 aromatic rings. The van der Waals surface area contributed by atoms with Crippen molar-refractivity contribution in [1.82, 2.24) is 9.97 Å². The molecule has 0 atom stereocenters. The molecule has 0 saturated heterocycles. The Labute approximate surface area is 354 Å². The third kappa shape index (κ3) is 14.5. The topological polar surface area (TPSA) is 25.8 Å². The maximum absolute atomic E-state index is 4.80. The third-order valence-corrected chi connectivity index (χ3v) is 9.04. The number of fused-ring (bicyclic) bond motifs is 2. The molecule has 4 aromatic carbocycles. The Kier molecular flexibility index (Phi) is 19.6. The van der Waals surface area contributed by atoms with Gasteiger partial charge in [-0.1, -0.05) is 98.6 Å². The Morgan fingerprint density at radius 2 is 1.00 bits per heavy atom. The zero-order valence-electron chi connectivity index (χ0n) is 35.3. The van der Waals surface area contributed by atoms with E-state index in [1.807, 2.05) is 30.7 Å². The first-order chi connectivity index (χ1) is 24.7. The fraction of sp³-hybridized carbons (Fsp3) is 0.400. The second kappa shape index (κ2) is 22.5. The summed E-state index contributed by atoms with van der Waals surface area (Å²) in [5.41, 5.74) is 13.3. The van der Waals surface area contributed by atoms with Gasteiger partial charge in [-0.15, -0.1) is 0 Å². The standard InChI is InChI=1S/C25H31N.C17H23N.C8H9.BrH.Mg/c1-16(2)9-20-14-21(10-17(3)4)23-7-8-26-25(24(23)15-20)22-12-18(5)11-19(6)13-22;1-12(2)7-14-9-15(8-13(3)4)17-5-6-18-11-16(17)10-14;1-7-4-3-5-8(2)6-7;;/h7-8,11-17H,9-10H2,1-6H3;5-6,9-13H,7-8H2,1-4H3;4-6H,1-2H3;1H;/q;;-1;;+2/p-1. The van der Waals surface area contributed by atoms with E-state index < -0.39 is 0 Å². The molecule has 6 rings (SSSR count). The predicted molar refractivity (Wildman–Crippen MR) is 233 cm³/mol. The Morgan fingerprint density at radius 1 is 0.519 bits per heavy atom. The van der Waals surface area contributed by atoms with Gasteiger partial charge in [0.15, 0.2) is 0 Å². The number of aromatic nitrogens is 2. The molecular formula is C50H63BrMgN2. The van der Waals surface area contributed by atoms with Gasteiger partial charge in [0.1, 0.15) is 0 Å². The van der Waals surface area contributed by atoms with Crippen LogP contribution in [0.15, 0.2) is 91.4 Å². The zero-order valence-corrected chi connectivity index (χ0v) is 38.3. The summed E-state index contributed by atoms with van der Waals surface area (Å²) >= 11 is 0. The first-order valence-electron chi connectivity index (χ1n) is 19.5. The Balaban J connectivity index is 0.000000312. The Morgan fingerprint density at radius 3 is 1.50 bits per heavy atom. The summed E-state index contributed by atoms with van der Waals surface area (Å²) in [7, 11) is 0. The fourth-order valence-electron chi connectivity index (χ4n) is 7.27. The summed E-state index contributed by atoms with van der Waals surface area (Å²) < 4.78 is 0. The van der Waals surface area contributed by atoms with E-state index in [1.165, 1.54) is 71.6 Å². The van der Waals surface area contributed by atoms with Crippen LogP contribution in [0.3, 0.4) is 0 Å². The maximum atomic E-state index is 4.80. The van der Waals surface area contributed by atoms with Crippen LogP contribution in [0.5, 0.6) is 0 Å². The van der Waals surface area contributed by atoms with Gasteiger partial charge in [0, 0.05) is 34.9 Å². The van der Waals surface area contributed by atoms with E-state index in [0.29, 0.717) is 23.7 Å². The van der Waals surface area contributed by atoms with Crippen molar-refractivity contribution in [2.45, 2.75) is 109 Å². The first-order valence-corrected chi connectivity index (χ1v) is 19.5. The summed E-state index contributed by atoms with van der Waals surface area (Å²) in [5.74, 6) is 2.69. The van der Waals surface area contributed by atoms with E-state index in [0.717, 1.165) is 31.4 Å². The fourth-order valence-corrected chi connectivity index (χ4v) is 7.27. The van der Waals surface area contributed by atoms with Crippen molar-refractivity contribution in [3.63, 3.8) is 0 Å². The minimum Gasteiger partial charge on any atom is -1.00 e. The van der Waals surface area contributed by atoms with Gasteiger partial charge in [0.2, 0.25) is 0 Å². The first kappa shape index (κ1) is 47.1. The molecule has 0 amide bonds. The second-order valence-corrected chi connectivity index (χ2v) is 16.7. The van der Waals surface area contributed by atoms with Gasteiger partial charge in [-0.25, -0.2) is 0 Å². The van der Waals surface area contributed by atoms with Gasteiger partial charge in [-0.3, -0.25) is 9.97 Å². The van der Waals surface area contributed by atoms with Crippen LogP contribution in [-0.4, -0.2) is 33.0 Å². The van der Waals surface area contributed by atoms with Crippen molar-refractivity contribution in [2.24, 2.45) is 23.7 Å². The molecule has 0 fully saturated rings. The van der Waals surface area contributed by atoms with E-state index >= 15 is 0 Å². The van der Waals surface area contributed by atoms with E-state index in [1.54, 1.807) is 0 Å². The number of nitrogens with zero attached hydrogens (tertiary/aromatic N) is 2. The molecule has 0 aliphatic heterocycles. The van der Waals surface area contributed by atoms with Gasteiger partial charge in [-0.2, -0.15) is 35.4 Å². The Bertz CT molecular complexity index is 2020. The summed E-state index contributed by atoms with van der Waals surface area (Å²) in [4.78, 5) is 9.05. The van der Waals surface area contributed by atoms with Crippen LogP contribution in [0, 0.1) is 57.4 Å². The Hall–Kier alpha value is -3.05. The van der Waals surface area contributed by atoms with Gasteiger partial charge in [-0.05, 0) is 133 Å². The maximum Gasteiger partial charge on any atom is 2.00 e. The SMILES string of the molecule is CC(C)Cc1cc(CC(C)C)c2ccncc2c1.Cc1c[c-]cc(C)c1.Cc1cc(C)cc(-c2nccc3c(CC(C)C)cc(CC(C)C)cc23)c1.[Br-].[Mg+2]. The monoisotopic (exact) mass is 794 g/mol. The van der Waals surface area contributed by atoms with Crippen LogP contribution in [0.1, 0.15) is 99.9 Å². The van der Waals surface area contributed by atoms with Crippen LogP contribution in [0.4, 0.5) is 0 Å².